The quantitative estimate of drug-likeness (QED) is 0.148. The van der Waals surface area contributed by atoms with Gasteiger partial charge in [0.05, 0.1) is 6.04 Å². The van der Waals surface area contributed by atoms with Gasteiger partial charge in [0.25, 0.3) is 0 Å². The molecule has 1 amide bonds. The van der Waals surface area contributed by atoms with Gasteiger partial charge in [0.2, 0.25) is 5.91 Å². The molecule has 0 saturated carbocycles. The molecule has 6 nitrogen and oxygen atoms in total. The van der Waals surface area contributed by atoms with Gasteiger partial charge in [-0.1, -0.05) is 103 Å². The van der Waals surface area contributed by atoms with Gasteiger partial charge in [-0.05, 0) is 48.4 Å². The molecule has 0 aromatic heterocycles. The van der Waals surface area contributed by atoms with E-state index in [9.17, 15) is 14.7 Å². The number of phenols is 1. The van der Waals surface area contributed by atoms with Gasteiger partial charge in [-0.3, -0.25) is 9.59 Å². The van der Waals surface area contributed by atoms with Crippen LogP contribution in [0.2, 0.25) is 0 Å². The number of nitrogens with two attached hydrogens (primary N) is 1. The number of phenolic OH excluding ortho intramolecular Hbond substituents is 1. The van der Waals surface area contributed by atoms with E-state index in [0.29, 0.717) is 12.3 Å². The molecule has 0 aliphatic heterocycles. The summed E-state index contributed by atoms with van der Waals surface area (Å²) in [5, 5.41) is 21.2. The number of nitrogens with one attached hydrogen (secondary N) is 1. The Hall–Kier alpha value is -2.08. The molecule has 1 aromatic carbocycles. The van der Waals surface area contributed by atoms with Crippen LogP contribution < -0.4 is 11.1 Å². The lowest BCUT2D eigenvalue weighted by Crippen LogP contribution is -2.43. The van der Waals surface area contributed by atoms with Crippen molar-refractivity contribution in [3.05, 3.63) is 29.3 Å². The summed E-state index contributed by atoms with van der Waals surface area (Å²) in [5.41, 5.74) is 8.04. The highest BCUT2D eigenvalue weighted by molar-refractivity contribution is 5.85. The van der Waals surface area contributed by atoms with Crippen LogP contribution in [0.5, 0.6) is 5.75 Å². The van der Waals surface area contributed by atoms with Crippen molar-refractivity contribution < 1.29 is 19.8 Å². The van der Waals surface area contributed by atoms with Crippen molar-refractivity contribution in [3.63, 3.8) is 0 Å². The topological polar surface area (TPSA) is 113 Å². The summed E-state index contributed by atoms with van der Waals surface area (Å²) >= 11 is 0. The summed E-state index contributed by atoms with van der Waals surface area (Å²) < 4.78 is 0. The highest BCUT2D eigenvalue weighted by Gasteiger charge is 2.20. The van der Waals surface area contributed by atoms with E-state index in [1.165, 1.54) is 77.0 Å². The number of benzene rings is 1. The number of hydrogen-bond donors (Lipinski definition) is 4. The number of carboxylic acid groups (broad SMARTS) is 1. The van der Waals surface area contributed by atoms with Crippen LogP contribution >= 0.6 is 0 Å². The van der Waals surface area contributed by atoms with Crippen molar-refractivity contribution >= 4 is 11.9 Å². The molecular weight excluding hydrogens is 440 g/mol. The van der Waals surface area contributed by atoms with E-state index >= 15 is 0 Å². The lowest BCUT2D eigenvalue weighted by molar-refractivity contribution is -0.138. The summed E-state index contributed by atoms with van der Waals surface area (Å²) in [5.74, 6) is -1.05. The van der Waals surface area contributed by atoms with Gasteiger partial charge in [0.1, 0.15) is 12.3 Å². The maximum atomic E-state index is 12.1. The largest absolute Gasteiger partial charge is 0.508 e. The Kier molecular flexibility index (Phi) is 16.9. The number of aliphatic carboxylic acids is 1. The van der Waals surface area contributed by atoms with Crippen LogP contribution in [0.15, 0.2) is 18.2 Å². The molecule has 5 N–H and O–H groups in total. The van der Waals surface area contributed by atoms with Gasteiger partial charge in [-0.15, -0.1) is 0 Å². The van der Waals surface area contributed by atoms with Crippen molar-refractivity contribution in [2.75, 3.05) is 6.54 Å². The van der Waals surface area contributed by atoms with Crippen LogP contribution in [0.3, 0.4) is 0 Å². The maximum absolute atomic E-state index is 12.1. The Bertz CT molecular complexity index is 723. The summed E-state index contributed by atoms with van der Waals surface area (Å²) in [6.07, 6.45) is 19.6. The summed E-state index contributed by atoms with van der Waals surface area (Å²) in [6, 6.07) is 4.43. The number of rotatable bonds is 21. The SMILES string of the molecule is CCCCCCCCCCCCCCCC(CC)c1cc(O)ccc1C[C@H](N)C(=O)NCC(=O)O. The predicted molar refractivity (Wildman–Crippen MR) is 144 cm³/mol. The van der Waals surface area contributed by atoms with Crippen molar-refractivity contribution in [2.24, 2.45) is 5.73 Å². The fraction of sp³-hybridized carbons (Fsp3) is 0.724. The van der Waals surface area contributed by atoms with Crippen LogP contribution in [0.4, 0.5) is 0 Å². The third kappa shape index (κ3) is 14.2. The van der Waals surface area contributed by atoms with E-state index < -0.39 is 24.5 Å². The Morgan fingerprint density at radius 2 is 1.43 bits per heavy atom. The number of carbonyl (C=O) groups excluding carboxylic acids is 1. The van der Waals surface area contributed by atoms with E-state index in [2.05, 4.69) is 19.2 Å². The van der Waals surface area contributed by atoms with Gasteiger partial charge in [-0.2, -0.15) is 0 Å². The minimum atomic E-state index is -1.10. The first-order valence-electron chi connectivity index (χ1n) is 14.0. The highest BCUT2D eigenvalue weighted by atomic mass is 16.4. The minimum Gasteiger partial charge on any atom is -0.508 e. The average Bonchev–Trinajstić information content (AvgIpc) is 2.84. The second-order valence-corrected chi connectivity index (χ2v) is 9.94. The molecule has 6 heteroatoms. The van der Waals surface area contributed by atoms with Crippen LogP contribution in [-0.2, 0) is 16.0 Å². The lowest BCUT2D eigenvalue weighted by atomic mass is 9.85. The number of unbranched alkanes of at least 4 members (excludes halogenated alkanes) is 12. The van der Waals surface area contributed by atoms with Gasteiger partial charge < -0.3 is 21.3 Å². The highest BCUT2D eigenvalue weighted by Crippen LogP contribution is 2.32. The standard InChI is InChI=1S/C29H50N2O4/c1-3-5-6-7-8-9-10-11-12-13-14-15-16-17-23(4-2)26-21-25(32)19-18-24(26)20-27(30)29(35)31-22-28(33)34/h18-19,21,23,27,32H,3-17,20,22,30H2,1-2H3,(H,31,35)(H,33,34)/t23?,27-/m0/s1. The molecule has 1 unspecified atom stereocenters. The molecule has 0 fully saturated rings. The van der Waals surface area contributed by atoms with Crippen LogP contribution in [0, 0.1) is 0 Å². The number of carboxylic acids is 1. The zero-order chi connectivity index (χ0) is 25.9. The Morgan fingerprint density at radius 3 is 1.94 bits per heavy atom. The fourth-order valence-electron chi connectivity index (χ4n) is 4.76. The molecule has 1 rings (SSSR count). The molecule has 0 bridgehead atoms. The zero-order valence-electron chi connectivity index (χ0n) is 22.2. The number of carbonyl (C=O) groups is 2. The summed E-state index contributed by atoms with van der Waals surface area (Å²) in [4.78, 5) is 22.8. The monoisotopic (exact) mass is 490 g/mol. The van der Waals surface area contributed by atoms with Crippen molar-refractivity contribution in [1.82, 2.24) is 5.32 Å². The first kappa shape index (κ1) is 31.0. The van der Waals surface area contributed by atoms with Crippen LogP contribution in [0.1, 0.15) is 127 Å². The molecule has 2 atom stereocenters. The zero-order valence-corrected chi connectivity index (χ0v) is 22.2. The molecule has 0 saturated heterocycles. The maximum Gasteiger partial charge on any atom is 0.322 e. The van der Waals surface area contributed by atoms with E-state index in [-0.39, 0.29) is 5.75 Å². The molecule has 200 valence electrons. The van der Waals surface area contributed by atoms with E-state index in [4.69, 9.17) is 10.8 Å². The number of aromatic hydroxyl groups is 1. The molecular formula is C29H50N2O4. The van der Waals surface area contributed by atoms with E-state index in [1.807, 2.05) is 6.07 Å². The molecule has 0 spiro atoms. The summed E-state index contributed by atoms with van der Waals surface area (Å²) in [6.45, 7) is 3.98. The fourth-order valence-corrected chi connectivity index (χ4v) is 4.76. The lowest BCUT2D eigenvalue weighted by Gasteiger charge is -2.21. The molecule has 1 aromatic rings. The van der Waals surface area contributed by atoms with Crippen molar-refractivity contribution in [1.29, 1.82) is 0 Å². The van der Waals surface area contributed by atoms with Gasteiger partial charge in [0.15, 0.2) is 0 Å². The first-order valence-corrected chi connectivity index (χ1v) is 14.0. The second-order valence-electron chi connectivity index (χ2n) is 9.94. The molecule has 0 aliphatic rings. The Morgan fingerprint density at radius 1 is 0.886 bits per heavy atom. The molecule has 0 radical (unpaired) electrons. The van der Waals surface area contributed by atoms with E-state index in [0.717, 1.165) is 30.4 Å². The predicted octanol–water partition coefficient (Wildman–Crippen LogP) is 6.44. The van der Waals surface area contributed by atoms with E-state index in [1.54, 1.807) is 12.1 Å². The Balaban J connectivity index is 2.38. The number of hydrogen-bond acceptors (Lipinski definition) is 4. The van der Waals surface area contributed by atoms with Gasteiger partial charge in [-0.25, -0.2) is 0 Å². The Labute approximate surface area is 213 Å². The third-order valence-corrected chi connectivity index (χ3v) is 6.91. The van der Waals surface area contributed by atoms with Gasteiger partial charge in [0, 0.05) is 0 Å². The smallest absolute Gasteiger partial charge is 0.322 e. The second kappa shape index (κ2) is 19.1. The molecule has 35 heavy (non-hydrogen) atoms. The third-order valence-electron chi connectivity index (χ3n) is 6.91. The number of amides is 1. The van der Waals surface area contributed by atoms with Crippen LogP contribution in [-0.4, -0.2) is 34.7 Å². The molecule has 0 heterocycles. The summed E-state index contributed by atoms with van der Waals surface area (Å²) in [7, 11) is 0. The van der Waals surface area contributed by atoms with Crippen molar-refractivity contribution in [2.45, 2.75) is 129 Å². The normalized spacial score (nSPS) is 12.9. The minimum absolute atomic E-state index is 0.219. The van der Waals surface area contributed by atoms with Crippen molar-refractivity contribution in [3.8, 4) is 5.75 Å². The first-order chi connectivity index (χ1) is 16.9. The van der Waals surface area contributed by atoms with Gasteiger partial charge >= 0.3 is 5.97 Å². The van der Waals surface area contributed by atoms with Crippen LogP contribution in [0.25, 0.3) is 0 Å². The average molecular weight is 491 g/mol. The molecule has 0 aliphatic carbocycles.